The smallest absolute Gasteiger partial charge is 0.282 e. The van der Waals surface area contributed by atoms with Gasteiger partial charge in [0.15, 0.2) is 0 Å². The first-order chi connectivity index (χ1) is 15.8. The second-order valence-electron chi connectivity index (χ2n) is 8.64. The Hall–Kier alpha value is -3.43. The maximum Gasteiger partial charge on any atom is 0.282 e. The van der Waals surface area contributed by atoms with E-state index in [2.05, 4.69) is 20.4 Å². The van der Waals surface area contributed by atoms with Gasteiger partial charge in [-0.2, -0.15) is 9.78 Å². The van der Waals surface area contributed by atoms with Crippen molar-refractivity contribution in [2.24, 2.45) is 5.92 Å². The van der Waals surface area contributed by atoms with Crippen LogP contribution < -0.4 is 5.32 Å². The van der Waals surface area contributed by atoms with Crippen LogP contribution in [-0.2, 0) is 4.79 Å². The fraction of sp³-hybridized carbons (Fsp3) is 0.435. The molecule has 0 bridgehead atoms. The first-order valence-electron chi connectivity index (χ1n) is 11.0. The third-order valence-corrected chi connectivity index (χ3v) is 5.60. The highest BCUT2D eigenvalue weighted by atomic mass is 19.3. The zero-order valence-corrected chi connectivity index (χ0v) is 18.5. The number of halogens is 2. The Morgan fingerprint density at radius 3 is 2.61 bits per heavy atom. The van der Waals surface area contributed by atoms with E-state index in [9.17, 15) is 18.4 Å². The molecule has 33 heavy (non-hydrogen) atoms. The topological polar surface area (TPSA) is 93.0 Å². The number of hydrogen-bond acceptors (Lipinski definition) is 5. The molecule has 0 saturated carbocycles. The standard InChI is InChI=1S/C23H26F2N6O2/c1-14(2)10-19(32)30-9-5-6-16(13-30)28-22(33)15-11-26-23(27-12-15)31-18-8-4-3-7-17(18)20(29-31)21(24)25/h3-4,7-8,11-12,14,16,21H,5-6,9-10,13H2,1-2H3,(H,28,33). The summed E-state index contributed by atoms with van der Waals surface area (Å²) < 4.78 is 28.0. The Balaban J connectivity index is 1.46. The molecule has 1 aliphatic rings. The molecule has 10 heteroatoms. The Kier molecular flexibility index (Phi) is 6.62. The number of carbonyl (C=O) groups excluding carboxylic acids is 2. The number of carbonyl (C=O) groups is 2. The predicted molar refractivity (Wildman–Crippen MR) is 118 cm³/mol. The molecule has 1 unspecified atom stereocenters. The largest absolute Gasteiger partial charge is 0.347 e. The number of likely N-dealkylation sites (tertiary alicyclic amines) is 1. The number of nitrogens with one attached hydrogen (secondary N) is 1. The van der Waals surface area contributed by atoms with Gasteiger partial charge in [-0.05, 0) is 24.8 Å². The van der Waals surface area contributed by atoms with Crippen molar-refractivity contribution in [2.75, 3.05) is 13.1 Å². The summed E-state index contributed by atoms with van der Waals surface area (Å²) in [7, 11) is 0. The van der Waals surface area contributed by atoms with Crippen LogP contribution in [0, 0.1) is 5.92 Å². The molecule has 1 aliphatic heterocycles. The molecular weight excluding hydrogens is 430 g/mol. The third kappa shape index (κ3) is 4.99. The van der Waals surface area contributed by atoms with Gasteiger partial charge in [-0.3, -0.25) is 9.59 Å². The van der Waals surface area contributed by atoms with Crippen LogP contribution in [0.5, 0.6) is 0 Å². The highest BCUT2D eigenvalue weighted by Crippen LogP contribution is 2.28. The first-order valence-corrected chi connectivity index (χ1v) is 11.0. The van der Waals surface area contributed by atoms with Crippen molar-refractivity contribution in [3.63, 3.8) is 0 Å². The number of amides is 2. The van der Waals surface area contributed by atoms with Gasteiger partial charge in [-0.1, -0.05) is 32.0 Å². The zero-order valence-electron chi connectivity index (χ0n) is 18.5. The van der Waals surface area contributed by atoms with Gasteiger partial charge in [0.1, 0.15) is 5.69 Å². The normalized spacial score (nSPS) is 16.5. The molecule has 4 rings (SSSR count). The lowest BCUT2D eigenvalue weighted by Gasteiger charge is -2.33. The van der Waals surface area contributed by atoms with E-state index in [0.29, 0.717) is 30.4 Å². The molecule has 1 fully saturated rings. The first kappa shape index (κ1) is 22.8. The number of piperidine rings is 1. The van der Waals surface area contributed by atoms with Crippen molar-refractivity contribution in [3.8, 4) is 5.95 Å². The summed E-state index contributed by atoms with van der Waals surface area (Å²) in [6.07, 6.45) is 2.06. The van der Waals surface area contributed by atoms with Crippen molar-refractivity contribution in [3.05, 3.63) is 47.9 Å². The van der Waals surface area contributed by atoms with Crippen LogP contribution in [0.2, 0.25) is 0 Å². The Labute approximate surface area is 190 Å². The van der Waals surface area contributed by atoms with Crippen LogP contribution in [-0.4, -0.2) is 55.6 Å². The SMILES string of the molecule is CC(C)CC(=O)N1CCCC(NC(=O)c2cnc(-n3nc(C(F)F)c4ccccc43)nc2)C1. The number of para-hydroxylation sites is 1. The van der Waals surface area contributed by atoms with Gasteiger partial charge in [-0.15, -0.1) is 0 Å². The minimum Gasteiger partial charge on any atom is -0.347 e. The fourth-order valence-corrected chi connectivity index (χ4v) is 4.02. The van der Waals surface area contributed by atoms with E-state index < -0.39 is 6.43 Å². The molecular formula is C23H26F2N6O2. The minimum atomic E-state index is -2.73. The number of hydrogen-bond donors (Lipinski definition) is 1. The van der Waals surface area contributed by atoms with Crippen molar-refractivity contribution in [1.29, 1.82) is 0 Å². The van der Waals surface area contributed by atoms with Gasteiger partial charge < -0.3 is 10.2 Å². The molecule has 1 saturated heterocycles. The monoisotopic (exact) mass is 456 g/mol. The van der Waals surface area contributed by atoms with Crippen molar-refractivity contribution >= 4 is 22.7 Å². The number of fused-ring (bicyclic) bond motifs is 1. The van der Waals surface area contributed by atoms with Crippen LogP contribution in [0.3, 0.4) is 0 Å². The highest BCUT2D eigenvalue weighted by molar-refractivity contribution is 5.94. The maximum atomic E-state index is 13.4. The van der Waals surface area contributed by atoms with Gasteiger partial charge in [0.2, 0.25) is 5.91 Å². The molecule has 2 amide bonds. The lowest BCUT2D eigenvalue weighted by atomic mass is 10.0. The molecule has 0 spiro atoms. The summed E-state index contributed by atoms with van der Waals surface area (Å²) in [6.45, 7) is 5.19. The van der Waals surface area contributed by atoms with Crippen molar-refractivity contribution < 1.29 is 18.4 Å². The Morgan fingerprint density at radius 1 is 1.18 bits per heavy atom. The molecule has 174 valence electrons. The van der Waals surface area contributed by atoms with Crippen LogP contribution in [0.1, 0.15) is 55.6 Å². The van der Waals surface area contributed by atoms with Gasteiger partial charge in [-0.25, -0.2) is 18.7 Å². The average Bonchev–Trinajstić information content (AvgIpc) is 3.19. The van der Waals surface area contributed by atoms with Crippen LogP contribution >= 0.6 is 0 Å². The summed E-state index contributed by atoms with van der Waals surface area (Å²) in [5.74, 6) is 0.138. The number of alkyl halides is 2. The molecule has 3 heterocycles. The van der Waals surface area contributed by atoms with E-state index in [1.54, 1.807) is 29.2 Å². The van der Waals surface area contributed by atoms with E-state index in [-0.39, 0.29) is 41.0 Å². The van der Waals surface area contributed by atoms with Crippen LogP contribution in [0.4, 0.5) is 8.78 Å². The third-order valence-electron chi connectivity index (χ3n) is 5.60. The average molecular weight is 456 g/mol. The van der Waals surface area contributed by atoms with E-state index in [1.165, 1.54) is 17.1 Å². The number of nitrogens with zero attached hydrogens (tertiary/aromatic N) is 5. The highest BCUT2D eigenvalue weighted by Gasteiger charge is 2.26. The van der Waals surface area contributed by atoms with Crippen molar-refractivity contribution in [2.45, 2.75) is 45.6 Å². The van der Waals surface area contributed by atoms with Gasteiger partial charge in [0.05, 0.1) is 11.1 Å². The predicted octanol–water partition coefficient (Wildman–Crippen LogP) is 3.52. The molecule has 8 nitrogen and oxygen atoms in total. The minimum absolute atomic E-state index is 0.0952. The maximum absolute atomic E-state index is 13.4. The number of aromatic nitrogens is 4. The van der Waals surface area contributed by atoms with Crippen molar-refractivity contribution in [1.82, 2.24) is 30.0 Å². The molecule has 1 N–H and O–H groups in total. The summed E-state index contributed by atoms with van der Waals surface area (Å²) in [4.78, 5) is 35.2. The molecule has 1 atom stereocenters. The van der Waals surface area contributed by atoms with Gasteiger partial charge >= 0.3 is 0 Å². The second kappa shape index (κ2) is 9.60. The van der Waals surface area contributed by atoms with Gasteiger partial charge in [0, 0.05) is 43.3 Å². The van der Waals surface area contributed by atoms with Crippen LogP contribution in [0.15, 0.2) is 36.7 Å². The zero-order chi connectivity index (χ0) is 23.5. The number of benzene rings is 1. The summed E-state index contributed by atoms with van der Waals surface area (Å²) in [5.41, 5.74) is 0.359. The Bertz CT molecular complexity index is 1150. The molecule has 2 aromatic heterocycles. The fourth-order valence-electron chi connectivity index (χ4n) is 4.02. The number of rotatable bonds is 6. The lowest BCUT2D eigenvalue weighted by molar-refractivity contribution is -0.133. The quantitative estimate of drug-likeness (QED) is 0.613. The van der Waals surface area contributed by atoms with E-state index >= 15 is 0 Å². The van der Waals surface area contributed by atoms with Crippen LogP contribution in [0.25, 0.3) is 16.9 Å². The second-order valence-corrected chi connectivity index (χ2v) is 8.64. The summed E-state index contributed by atoms with van der Waals surface area (Å²) in [5, 5.41) is 7.25. The lowest BCUT2D eigenvalue weighted by Crippen LogP contribution is -2.49. The van der Waals surface area contributed by atoms with E-state index in [0.717, 1.165) is 12.8 Å². The Morgan fingerprint density at radius 2 is 1.91 bits per heavy atom. The molecule has 0 aliphatic carbocycles. The molecule has 0 radical (unpaired) electrons. The summed E-state index contributed by atoms with van der Waals surface area (Å²) in [6, 6.07) is 6.47. The summed E-state index contributed by atoms with van der Waals surface area (Å²) >= 11 is 0. The van der Waals surface area contributed by atoms with E-state index in [4.69, 9.17) is 0 Å². The molecule has 3 aromatic rings. The van der Waals surface area contributed by atoms with E-state index in [1.807, 2.05) is 13.8 Å². The molecule has 1 aromatic carbocycles. The van der Waals surface area contributed by atoms with Gasteiger partial charge in [0.25, 0.3) is 18.3 Å².